The van der Waals surface area contributed by atoms with Crippen molar-refractivity contribution < 1.29 is 18.7 Å². The summed E-state index contributed by atoms with van der Waals surface area (Å²) >= 11 is 5.65. The van der Waals surface area contributed by atoms with Crippen LogP contribution in [0.1, 0.15) is 5.56 Å². The highest BCUT2D eigenvalue weighted by molar-refractivity contribution is 6.30. The van der Waals surface area contributed by atoms with Crippen LogP contribution in [0.3, 0.4) is 0 Å². The van der Waals surface area contributed by atoms with Crippen molar-refractivity contribution in [1.82, 2.24) is 0 Å². The standard InChI is InChI=1S/C17H17ClFNO3/c1-22-9-8-12-2-5-14(6-3-12)23-11-17(21)20-16-7-4-13(18)10-15(16)19/h2-7,10H,8-9,11H2,1H3,(H,20,21). The van der Waals surface area contributed by atoms with Gasteiger partial charge in [0.15, 0.2) is 6.61 Å². The summed E-state index contributed by atoms with van der Waals surface area (Å²) in [6.07, 6.45) is 0.813. The Balaban J connectivity index is 1.84. The SMILES string of the molecule is COCCc1ccc(OCC(=O)Nc2ccc(Cl)cc2F)cc1. The lowest BCUT2D eigenvalue weighted by Crippen LogP contribution is -2.20. The van der Waals surface area contributed by atoms with E-state index in [1.807, 2.05) is 12.1 Å². The summed E-state index contributed by atoms with van der Waals surface area (Å²) in [5, 5.41) is 2.70. The molecule has 4 nitrogen and oxygen atoms in total. The van der Waals surface area contributed by atoms with Crippen LogP contribution in [0.25, 0.3) is 0 Å². The number of amides is 1. The fourth-order valence-corrected chi connectivity index (χ4v) is 2.06. The summed E-state index contributed by atoms with van der Waals surface area (Å²) in [6, 6.07) is 11.4. The highest BCUT2D eigenvalue weighted by atomic mass is 35.5. The van der Waals surface area contributed by atoms with Crippen molar-refractivity contribution in [2.24, 2.45) is 0 Å². The molecule has 0 aliphatic carbocycles. The number of carbonyl (C=O) groups excluding carboxylic acids is 1. The Bertz CT molecular complexity index is 661. The van der Waals surface area contributed by atoms with Crippen LogP contribution in [0.2, 0.25) is 5.02 Å². The van der Waals surface area contributed by atoms with Gasteiger partial charge in [-0.15, -0.1) is 0 Å². The number of anilines is 1. The maximum Gasteiger partial charge on any atom is 0.262 e. The van der Waals surface area contributed by atoms with Gasteiger partial charge in [-0.2, -0.15) is 0 Å². The second-order valence-electron chi connectivity index (χ2n) is 4.85. The summed E-state index contributed by atoms with van der Waals surface area (Å²) in [7, 11) is 1.65. The van der Waals surface area contributed by atoms with Gasteiger partial charge in [-0.3, -0.25) is 4.79 Å². The lowest BCUT2D eigenvalue weighted by Gasteiger charge is -2.09. The number of methoxy groups -OCH3 is 1. The Labute approximate surface area is 139 Å². The molecule has 1 N–H and O–H groups in total. The van der Waals surface area contributed by atoms with Crippen molar-refractivity contribution >= 4 is 23.2 Å². The van der Waals surface area contributed by atoms with E-state index < -0.39 is 11.7 Å². The van der Waals surface area contributed by atoms with E-state index in [-0.39, 0.29) is 17.3 Å². The van der Waals surface area contributed by atoms with Crippen LogP contribution >= 0.6 is 11.6 Å². The number of rotatable bonds is 7. The molecule has 0 aliphatic rings. The quantitative estimate of drug-likeness (QED) is 0.838. The fraction of sp³-hybridized carbons (Fsp3) is 0.235. The topological polar surface area (TPSA) is 47.6 Å². The number of ether oxygens (including phenoxy) is 2. The molecule has 0 aromatic heterocycles. The molecule has 0 atom stereocenters. The number of hydrogen-bond acceptors (Lipinski definition) is 3. The van der Waals surface area contributed by atoms with Gasteiger partial charge in [0.25, 0.3) is 5.91 Å². The van der Waals surface area contributed by atoms with Gasteiger partial charge in [0.2, 0.25) is 0 Å². The highest BCUT2D eigenvalue weighted by Crippen LogP contribution is 2.19. The predicted octanol–water partition coefficient (Wildman–Crippen LogP) is 3.69. The molecule has 0 saturated carbocycles. The van der Waals surface area contributed by atoms with Crippen LogP contribution in [0.5, 0.6) is 5.75 Å². The van der Waals surface area contributed by atoms with E-state index in [9.17, 15) is 9.18 Å². The molecule has 2 rings (SSSR count). The van der Waals surface area contributed by atoms with Gasteiger partial charge < -0.3 is 14.8 Å². The molecule has 2 aromatic carbocycles. The molecule has 6 heteroatoms. The van der Waals surface area contributed by atoms with Crippen molar-refractivity contribution in [1.29, 1.82) is 0 Å². The third-order valence-corrected chi connectivity index (χ3v) is 3.33. The molecule has 0 heterocycles. The molecule has 23 heavy (non-hydrogen) atoms. The first kappa shape index (κ1) is 17.2. The zero-order valence-corrected chi connectivity index (χ0v) is 13.4. The molecule has 0 bridgehead atoms. The first-order valence-electron chi connectivity index (χ1n) is 7.04. The summed E-state index contributed by atoms with van der Waals surface area (Å²) < 4.78 is 23.9. The first-order chi connectivity index (χ1) is 11.1. The number of halogens is 2. The Morgan fingerprint density at radius 2 is 1.96 bits per heavy atom. The van der Waals surface area contributed by atoms with Gasteiger partial charge in [-0.25, -0.2) is 4.39 Å². The minimum atomic E-state index is -0.589. The maximum atomic E-state index is 13.6. The first-order valence-corrected chi connectivity index (χ1v) is 7.42. The monoisotopic (exact) mass is 337 g/mol. The summed E-state index contributed by atoms with van der Waals surface area (Å²) in [5.74, 6) is -0.471. The predicted molar refractivity (Wildman–Crippen MR) is 87.6 cm³/mol. The van der Waals surface area contributed by atoms with Gasteiger partial charge in [0.05, 0.1) is 12.3 Å². The molecular formula is C17H17ClFNO3. The molecule has 0 unspecified atom stereocenters. The number of nitrogens with one attached hydrogen (secondary N) is 1. The van der Waals surface area contributed by atoms with E-state index >= 15 is 0 Å². The molecule has 122 valence electrons. The van der Waals surface area contributed by atoms with Gasteiger partial charge in [-0.1, -0.05) is 23.7 Å². The van der Waals surface area contributed by atoms with Crippen molar-refractivity contribution in [3.63, 3.8) is 0 Å². The van der Waals surface area contributed by atoms with E-state index in [0.717, 1.165) is 18.1 Å². The van der Waals surface area contributed by atoms with Gasteiger partial charge in [-0.05, 0) is 42.3 Å². The van der Waals surface area contributed by atoms with Crippen molar-refractivity contribution in [2.45, 2.75) is 6.42 Å². The molecule has 0 saturated heterocycles. The van der Waals surface area contributed by atoms with Gasteiger partial charge >= 0.3 is 0 Å². The van der Waals surface area contributed by atoms with Crippen LogP contribution in [0, 0.1) is 5.82 Å². The third-order valence-electron chi connectivity index (χ3n) is 3.09. The average Bonchev–Trinajstić information content (AvgIpc) is 2.54. The second kappa shape index (κ2) is 8.50. The Hall–Kier alpha value is -2.11. The Kier molecular flexibility index (Phi) is 6.38. The van der Waals surface area contributed by atoms with Crippen LogP contribution in [0.4, 0.5) is 10.1 Å². The molecule has 0 spiro atoms. The summed E-state index contributed by atoms with van der Waals surface area (Å²) in [4.78, 5) is 11.8. The van der Waals surface area contributed by atoms with E-state index in [1.165, 1.54) is 12.1 Å². The summed E-state index contributed by atoms with van der Waals surface area (Å²) in [5.41, 5.74) is 1.19. The Morgan fingerprint density at radius 1 is 1.22 bits per heavy atom. The molecule has 2 aromatic rings. The van der Waals surface area contributed by atoms with E-state index in [2.05, 4.69) is 5.32 Å². The van der Waals surface area contributed by atoms with Crippen LogP contribution in [-0.4, -0.2) is 26.2 Å². The Morgan fingerprint density at radius 3 is 2.61 bits per heavy atom. The van der Waals surface area contributed by atoms with Crippen molar-refractivity contribution in [3.05, 3.63) is 58.9 Å². The van der Waals surface area contributed by atoms with Gasteiger partial charge in [0.1, 0.15) is 11.6 Å². The fourth-order valence-electron chi connectivity index (χ4n) is 1.90. The minimum absolute atomic E-state index is 0.0675. The van der Waals surface area contributed by atoms with E-state index in [0.29, 0.717) is 12.4 Å². The number of carbonyl (C=O) groups is 1. The van der Waals surface area contributed by atoms with Gasteiger partial charge in [0, 0.05) is 12.1 Å². The van der Waals surface area contributed by atoms with E-state index in [1.54, 1.807) is 19.2 Å². The molecule has 0 fully saturated rings. The molecule has 1 amide bonds. The van der Waals surface area contributed by atoms with Crippen LogP contribution in [0.15, 0.2) is 42.5 Å². The number of hydrogen-bond donors (Lipinski definition) is 1. The maximum absolute atomic E-state index is 13.6. The van der Waals surface area contributed by atoms with Crippen molar-refractivity contribution in [3.8, 4) is 5.75 Å². The van der Waals surface area contributed by atoms with Crippen LogP contribution in [-0.2, 0) is 16.0 Å². The number of benzene rings is 2. The third kappa shape index (κ3) is 5.54. The van der Waals surface area contributed by atoms with Crippen molar-refractivity contribution in [2.75, 3.05) is 25.6 Å². The zero-order valence-electron chi connectivity index (χ0n) is 12.6. The smallest absolute Gasteiger partial charge is 0.262 e. The van der Waals surface area contributed by atoms with E-state index in [4.69, 9.17) is 21.1 Å². The molecular weight excluding hydrogens is 321 g/mol. The largest absolute Gasteiger partial charge is 0.484 e. The lowest BCUT2D eigenvalue weighted by molar-refractivity contribution is -0.118. The lowest BCUT2D eigenvalue weighted by atomic mass is 10.1. The highest BCUT2D eigenvalue weighted by Gasteiger charge is 2.08. The molecule has 0 radical (unpaired) electrons. The van der Waals surface area contributed by atoms with Crippen LogP contribution < -0.4 is 10.1 Å². The summed E-state index contributed by atoms with van der Waals surface area (Å²) in [6.45, 7) is 0.439. The average molecular weight is 338 g/mol. The second-order valence-corrected chi connectivity index (χ2v) is 5.28. The normalized spacial score (nSPS) is 10.4. The minimum Gasteiger partial charge on any atom is -0.484 e. The zero-order chi connectivity index (χ0) is 16.7. The molecule has 0 aliphatic heterocycles.